The first-order valence-corrected chi connectivity index (χ1v) is 5.46. The van der Waals surface area contributed by atoms with Crippen molar-refractivity contribution >= 4 is 33.6 Å². The first kappa shape index (κ1) is 12.5. The number of nitrogens with one attached hydrogen (secondary N) is 1. The van der Waals surface area contributed by atoms with Gasteiger partial charge in [-0.05, 0) is 0 Å². The van der Waals surface area contributed by atoms with Crippen molar-refractivity contribution in [2.75, 3.05) is 14.2 Å². The predicted molar refractivity (Wildman–Crippen MR) is 62.9 cm³/mol. The zero-order valence-electron chi connectivity index (χ0n) is 8.41. The van der Waals surface area contributed by atoms with E-state index in [1.54, 1.807) is 24.3 Å². The normalized spacial score (nSPS) is 28.9. The van der Waals surface area contributed by atoms with E-state index in [-0.39, 0.29) is 12.1 Å². The van der Waals surface area contributed by atoms with Crippen LogP contribution in [0.25, 0.3) is 0 Å². The third-order valence-corrected chi connectivity index (χ3v) is 2.68. The molecule has 1 rings (SSSR count). The van der Waals surface area contributed by atoms with Gasteiger partial charge < -0.3 is 5.32 Å². The standard InChI is InChI=1S/C9H12BrClN2O2/c1-13(15-2)8(14)12-7-3-5-9(10,11)6-4-7/h3-7H,1-2H3,(H,12,14). The molecule has 0 unspecified atom stereocenters. The maximum absolute atomic E-state index is 11.4. The fraction of sp³-hybridized carbons (Fsp3) is 0.444. The lowest BCUT2D eigenvalue weighted by Gasteiger charge is -2.22. The molecule has 15 heavy (non-hydrogen) atoms. The summed E-state index contributed by atoms with van der Waals surface area (Å²) < 4.78 is -0.638. The van der Waals surface area contributed by atoms with E-state index in [9.17, 15) is 4.79 Å². The van der Waals surface area contributed by atoms with Gasteiger partial charge in [0.15, 0.2) is 0 Å². The van der Waals surface area contributed by atoms with Crippen LogP contribution in [0.15, 0.2) is 24.3 Å². The Hall–Kier alpha value is -0.520. The highest BCUT2D eigenvalue weighted by Crippen LogP contribution is 2.29. The van der Waals surface area contributed by atoms with Crippen LogP contribution in [0.2, 0.25) is 0 Å². The number of hydroxylamine groups is 2. The molecule has 1 N–H and O–H groups in total. The number of nitrogens with zero attached hydrogens (tertiary/aromatic N) is 1. The second-order valence-electron chi connectivity index (χ2n) is 3.05. The van der Waals surface area contributed by atoms with E-state index in [1.165, 1.54) is 14.2 Å². The predicted octanol–water partition coefficient (Wildman–Crippen LogP) is 2.01. The summed E-state index contributed by atoms with van der Waals surface area (Å²) in [5.41, 5.74) is 0. The monoisotopic (exact) mass is 294 g/mol. The van der Waals surface area contributed by atoms with Crippen molar-refractivity contribution in [2.24, 2.45) is 0 Å². The number of rotatable bonds is 2. The zero-order valence-corrected chi connectivity index (χ0v) is 10.7. The lowest BCUT2D eigenvalue weighted by atomic mass is 10.1. The van der Waals surface area contributed by atoms with Gasteiger partial charge in [0.05, 0.1) is 13.2 Å². The topological polar surface area (TPSA) is 41.6 Å². The Bertz CT molecular complexity index is 288. The fourth-order valence-corrected chi connectivity index (χ4v) is 1.45. The van der Waals surface area contributed by atoms with E-state index < -0.39 is 3.78 Å². The van der Waals surface area contributed by atoms with E-state index in [0.29, 0.717) is 0 Å². The van der Waals surface area contributed by atoms with E-state index in [2.05, 4.69) is 21.2 Å². The van der Waals surface area contributed by atoms with Crippen LogP contribution >= 0.6 is 27.5 Å². The highest BCUT2D eigenvalue weighted by atomic mass is 79.9. The summed E-state index contributed by atoms with van der Waals surface area (Å²) in [7, 11) is 2.95. The molecule has 4 nitrogen and oxygen atoms in total. The number of allylic oxidation sites excluding steroid dienone is 2. The highest BCUT2D eigenvalue weighted by Gasteiger charge is 2.21. The second-order valence-corrected chi connectivity index (χ2v) is 5.44. The van der Waals surface area contributed by atoms with Crippen molar-refractivity contribution in [1.29, 1.82) is 0 Å². The van der Waals surface area contributed by atoms with E-state index in [4.69, 9.17) is 16.4 Å². The van der Waals surface area contributed by atoms with Crippen LogP contribution in [0.3, 0.4) is 0 Å². The Morgan fingerprint density at radius 2 is 2.13 bits per heavy atom. The third-order valence-electron chi connectivity index (χ3n) is 1.90. The molecule has 0 bridgehead atoms. The number of urea groups is 1. The average molecular weight is 296 g/mol. The van der Waals surface area contributed by atoms with E-state index >= 15 is 0 Å². The van der Waals surface area contributed by atoms with Crippen LogP contribution in [-0.2, 0) is 4.84 Å². The number of hydrogen-bond acceptors (Lipinski definition) is 2. The zero-order chi connectivity index (χ0) is 11.5. The van der Waals surface area contributed by atoms with Gasteiger partial charge in [0, 0.05) is 7.05 Å². The lowest BCUT2D eigenvalue weighted by Crippen LogP contribution is -2.41. The van der Waals surface area contributed by atoms with Crippen molar-refractivity contribution in [3.8, 4) is 0 Å². The van der Waals surface area contributed by atoms with Crippen molar-refractivity contribution in [1.82, 2.24) is 10.4 Å². The lowest BCUT2D eigenvalue weighted by molar-refractivity contribution is -0.0649. The minimum absolute atomic E-state index is 0.167. The molecule has 84 valence electrons. The minimum atomic E-state index is -0.638. The molecular formula is C9H12BrClN2O2. The third kappa shape index (κ3) is 3.85. The molecule has 0 fully saturated rings. The number of carbonyl (C=O) groups is 1. The quantitative estimate of drug-likeness (QED) is 0.481. The number of amides is 2. The summed E-state index contributed by atoms with van der Waals surface area (Å²) in [6.07, 6.45) is 7.10. The maximum Gasteiger partial charge on any atom is 0.341 e. The second kappa shape index (κ2) is 5.01. The van der Waals surface area contributed by atoms with E-state index in [1.807, 2.05) is 0 Å². The summed E-state index contributed by atoms with van der Waals surface area (Å²) >= 11 is 9.23. The SMILES string of the molecule is CON(C)C(=O)NC1C=CC(Cl)(Br)C=C1. The molecule has 0 radical (unpaired) electrons. The highest BCUT2D eigenvalue weighted by molar-refractivity contribution is 9.10. The molecule has 1 aliphatic rings. The summed E-state index contributed by atoms with van der Waals surface area (Å²) in [5, 5.41) is 3.83. The summed E-state index contributed by atoms with van der Waals surface area (Å²) in [4.78, 5) is 16.1. The fourth-order valence-electron chi connectivity index (χ4n) is 0.996. The first-order chi connectivity index (χ1) is 6.94. The molecule has 0 saturated heterocycles. The molecule has 0 spiro atoms. The smallest absolute Gasteiger partial charge is 0.327 e. The largest absolute Gasteiger partial charge is 0.341 e. The average Bonchev–Trinajstić information content (AvgIpc) is 2.20. The summed E-state index contributed by atoms with van der Waals surface area (Å²) in [5.74, 6) is 0. The van der Waals surface area contributed by atoms with Gasteiger partial charge in [-0.2, -0.15) is 0 Å². The van der Waals surface area contributed by atoms with Gasteiger partial charge >= 0.3 is 6.03 Å². The van der Waals surface area contributed by atoms with Crippen LogP contribution in [0.4, 0.5) is 4.79 Å². The van der Waals surface area contributed by atoms with Gasteiger partial charge in [-0.25, -0.2) is 9.86 Å². The Labute approximate surface area is 102 Å². The minimum Gasteiger partial charge on any atom is -0.327 e. The van der Waals surface area contributed by atoms with Gasteiger partial charge in [-0.1, -0.05) is 51.8 Å². The Morgan fingerprint density at radius 1 is 1.60 bits per heavy atom. The molecule has 0 aromatic carbocycles. The first-order valence-electron chi connectivity index (χ1n) is 4.29. The molecule has 0 heterocycles. The van der Waals surface area contributed by atoms with E-state index in [0.717, 1.165) is 5.06 Å². The van der Waals surface area contributed by atoms with Crippen molar-refractivity contribution in [3.63, 3.8) is 0 Å². The van der Waals surface area contributed by atoms with Crippen LogP contribution < -0.4 is 5.32 Å². The molecule has 1 aliphatic carbocycles. The molecule has 0 aromatic rings. The Kier molecular flexibility index (Phi) is 4.19. The van der Waals surface area contributed by atoms with Crippen LogP contribution in [-0.4, -0.2) is 35.1 Å². The number of halogens is 2. The molecule has 0 saturated carbocycles. The Balaban J connectivity index is 2.50. The van der Waals surface area contributed by atoms with Gasteiger partial charge in [0.2, 0.25) is 0 Å². The van der Waals surface area contributed by atoms with Crippen molar-refractivity contribution in [2.45, 2.75) is 9.83 Å². The molecule has 0 aliphatic heterocycles. The number of hydrogen-bond donors (Lipinski definition) is 1. The molecular weight excluding hydrogens is 283 g/mol. The molecule has 2 amide bonds. The summed E-state index contributed by atoms with van der Waals surface area (Å²) in [6, 6.07) is -0.479. The van der Waals surface area contributed by atoms with Crippen LogP contribution in [0.5, 0.6) is 0 Å². The van der Waals surface area contributed by atoms with Gasteiger partial charge in [0.1, 0.15) is 3.78 Å². The Morgan fingerprint density at radius 3 is 2.60 bits per heavy atom. The molecule has 0 aromatic heterocycles. The van der Waals surface area contributed by atoms with Crippen LogP contribution in [0.1, 0.15) is 0 Å². The summed E-state index contributed by atoms with van der Waals surface area (Å²) in [6.45, 7) is 0. The number of alkyl halides is 2. The molecule has 0 atom stereocenters. The van der Waals surface area contributed by atoms with Gasteiger partial charge in [0.25, 0.3) is 0 Å². The van der Waals surface area contributed by atoms with Crippen molar-refractivity contribution in [3.05, 3.63) is 24.3 Å². The molecule has 6 heteroatoms. The maximum atomic E-state index is 11.4. The van der Waals surface area contributed by atoms with Gasteiger partial charge in [-0.3, -0.25) is 4.84 Å². The number of carbonyl (C=O) groups excluding carboxylic acids is 1. The van der Waals surface area contributed by atoms with Gasteiger partial charge in [-0.15, -0.1) is 0 Å². The van der Waals surface area contributed by atoms with Crippen molar-refractivity contribution < 1.29 is 9.63 Å². The van der Waals surface area contributed by atoms with Crippen LogP contribution in [0, 0.1) is 0 Å².